The largest absolute Gasteiger partial charge is 0.391 e. The van der Waals surface area contributed by atoms with E-state index in [2.05, 4.69) is 10.6 Å². The number of nitrogens with one attached hydrogen (secondary N) is 2. The molecule has 122 valence electrons. The average Bonchev–Trinajstić information content (AvgIpc) is 2.48. The third-order valence-electron chi connectivity index (χ3n) is 3.81. The van der Waals surface area contributed by atoms with Crippen LogP contribution in [-0.2, 0) is 11.3 Å². The predicted molar refractivity (Wildman–Crippen MR) is 86.8 cm³/mol. The highest BCUT2D eigenvalue weighted by Crippen LogP contribution is 2.18. The van der Waals surface area contributed by atoms with Crippen molar-refractivity contribution in [2.45, 2.75) is 64.4 Å². The number of amides is 2. The van der Waals surface area contributed by atoms with Crippen LogP contribution in [0.5, 0.6) is 0 Å². The van der Waals surface area contributed by atoms with Gasteiger partial charge in [0.2, 0.25) is 0 Å². The van der Waals surface area contributed by atoms with Crippen LogP contribution in [0.1, 0.15) is 45.1 Å². The second-order valence-electron chi connectivity index (χ2n) is 6.12. The lowest BCUT2D eigenvalue weighted by atomic mass is 9.93. The molecule has 0 spiro atoms. The Kier molecular flexibility index (Phi) is 6.21. The maximum absolute atomic E-state index is 12.0. The van der Waals surface area contributed by atoms with Gasteiger partial charge in [-0.3, -0.25) is 0 Å². The lowest BCUT2D eigenvalue weighted by Gasteiger charge is -2.28. The Labute approximate surface area is 132 Å². The molecule has 1 fully saturated rings. The van der Waals surface area contributed by atoms with Crippen LogP contribution in [0.4, 0.5) is 10.5 Å². The highest BCUT2D eigenvalue weighted by molar-refractivity contribution is 5.89. The first kappa shape index (κ1) is 16.8. The van der Waals surface area contributed by atoms with Gasteiger partial charge in [-0.1, -0.05) is 25.0 Å². The minimum Gasteiger partial charge on any atom is -0.391 e. The van der Waals surface area contributed by atoms with E-state index >= 15 is 0 Å². The number of benzene rings is 1. The number of rotatable bonds is 5. The molecule has 1 aromatic rings. The first-order valence-electron chi connectivity index (χ1n) is 8.00. The molecule has 0 radical (unpaired) electrons. The summed E-state index contributed by atoms with van der Waals surface area (Å²) in [5.74, 6) is 0. The standard InChI is InChI=1S/C17H26N2O3/c1-12(2)22-11-13-6-5-7-14(10-13)18-17(21)19-15-8-3-4-9-16(15)20/h5-7,10,12,15-16,20H,3-4,8-9,11H2,1-2H3,(H2,18,19,21). The number of anilines is 1. The van der Waals surface area contributed by atoms with Crippen LogP contribution >= 0.6 is 0 Å². The van der Waals surface area contributed by atoms with Crippen LogP contribution in [0.3, 0.4) is 0 Å². The molecular formula is C17H26N2O3. The summed E-state index contributed by atoms with van der Waals surface area (Å²) in [6.45, 7) is 4.51. The van der Waals surface area contributed by atoms with E-state index in [4.69, 9.17) is 4.74 Å². The lowest BCUT2D eigenvalue weighted by molar-refractivity contribution is 0.0657. The van der Waals surface area contributed by atoms with Crippen molar-refractivity contribution in [3.05, 3.63) is 29.8 Å². The monoisotopic (exact) mass is 306 g/mol. The molecule has 1 aromatic carbocycles. The molecule has 1 aliphatic rings. The van der Waals surface area contributed by atoms with Gasteiger partial charge in [-0.25, -0.2) is 4.79 Å². The van der Waals surface area contributed by atoms with Gasteiger partial charge in [0.15, 0.2) is 0 Å². The molecule has 2 amide bonds. The minimum absolute atomic E-state index is 0.152. The molecule has 5 heteroatoms. The van der Waals surface area contributed by atoms with E-state index in [9.17, 15) is 9.90 Å². The van der Waals surface area contributed by atoms with Crippen LogP contribution in [-0.4, -0.2) is 29.4 Å². The molecule has 22 heavy (non-hydrogen) atoms. The van der Waals surface area contributed by atoms with Crippen LogP contribution < -0.4 is 10.6 Å². The lowest BCUT2D eigenvalue weighted by Crippen LogP contribution is -2.46. The van der Waals surface area contributed by atoms with E-state index in [-0.39, 0.29) is 18.2 Å². The third-order valence-corrected chi connectivity index (χ3v) is 3.81. The van der Waals surface area contributed by atoms with Gasteiger partial charge in [0, 0.05) is 5.69 Å². The summed E-state index contributed by atoms with van der Waals surface area (Å²) < 4.78 is 5.56. The molecule has 2 unspecified atom stereocenters. The maximum atomic E-state index is 12.0. The van der Waals surface area contributed by atoms with Gasteiger partial charge in [-0.2, -0.15) is 0 Å². The summed E-state index contributed by atoms with van der Waals surface area (Å²) in [7, 11) is 0. The molecule has 3 N–H and O–H groups in total. The van der Waals surface area contributed by atoms with Gasteiger partial charge in [-0.15, -0.1) is 0 Å². The van der Waals surface area contributed by atoms with Crippen molar-refractivity contribution in [1.29, 1.82) is 0 Å². The molecule has 1 saturated carbocycles. The summed E-state index contributed by atoms with van der Waals surface area (Å²) in [5, 5.41) is 15.6. The Morgan fingerprint density at radius 1 is 1.36 bits per heavy atom. The molecule has 2 rings (SSSR count). The van der Waals surface area contributed by atoms with Crippen molar-refractivity contribution >= 4 is 11.7 Å². The third kappa shape index (κ3) is 5.31. The van der Waals surface area contributed by atoms with Crippen molar-refractivity contribution in [1.82, 2.24) is 5.32 Å². The predicted octanol–water partition coefficient (Wildman–Crippen LogP) is 3.04. The molecule has 0 saturated heterocycles. The molecule has 0 aliphatic heterocycles. The SMILES string of the molecule is CC(C)OCc1cccc(NC(=O)NC2CCCCC2O)c1. The maximum Gasteiger partial charge on any atom is 0.319 e. The first-order valence-corrected chi connectivity index (χ1v) is 8.00. The van der Waals surface area contributed by atoms with Crippen molar-refractivity contribution in [3.8, 4) is 0 Å². The molecule has 5 nitrogen and oxygen atoms in total. The van der Waals surface area contributed by atoms with E-state index in [1.807, 2.05) is 38.1 Å². The smallest absolute Gasteiger partial charge is 0.319 e. The zero-order valence-electron chi connectivity index (χ0n) is 13.3. The van der Waals surface area contributed by atoms with Crippen molar-refractivity contribution in [3.63, 3.8) is 0 Å². The van der Waals surface area contributed by atoms with E-state index in [1.165, 1.54) is 0 Å². The normalized spacial score (nSPS) is 21.6. The van der Waals surface area contributed by atoms with Gasteiger partial charge in [0.1, 0.15) is 0 Å². The Bertz CT molecular complexity index is 491. The molecule has 0 aromatic heterocycles. The average molecular weight is 306 g/mol. The highest BCUT2D eigenvalue weighted by Gasteiger charge is 2.24. The fourth-order valence-corrected chi connectivity index (χ4v) is 2.62. The number of urea groups is 1. The topological polar surface area (TPSA) is 70.6 Å². The number of aliphatic hydroxyl groups is 1. The Morgan fingerprint density at radius 3 is 2.86 bits per heavy atom. The van der Waals surface area contributed by atoms with Gasteiger partial charge in [0.25, 0.3) is 0 Å². The number of carbonyl (C=O) groups excluding carboxylic acids is 1. The van der Waals surface area contributed by atoms with Gasteiger partial charge < -0.3 is 20.5 Å². The van der Waals surface area contributed by atoms with Crippen molar-refractivity contribution in [2.75, 3.05) is 5.32 Å². The van der Waals surface area contributed by atoms with Gasteiger partial charge >= 0.3 is 6.03 Å². The minimum atomic E-state index is -0.440. The van der Waals surface area contributed by atoms with Crippen molar-refractivity contribution < 1.29 is 14.6 Å². The Hall–Kier alpha value is -1.59. The Balaban J connectivity index is 1.86. The number of aliphatic hydroxyl groups excluding tert-OH is 1. The summed E-state index contributed by atoms with van der Waals surface area (Å²) in [6.07, 6.45) is 3.39. The van der Waals surface area contributed by atoms with E-state index < -0.39 is 6.10 Å². The number of hydrogen-bond acceptors (Lipinski definition) is 3. The second kappa shape index (κ2) is 8.15. The summed E-state index contributed by atoms with van der Waals surface area (Å²) in [5.41, 5.74) is 1.75. The molecule has 0 bridgehead atoms. The van der Waals surface area contributed by atoms with Gasteiger partial charge in [0.05, 0.1) is 24.9 Å². The Morgan fingerprint density at radius 2 is 2.14 bits per heavy atom. The van der Waals surface area contributed by atoms with E-state index in [0.29, 0.717) is 6.61 Å². The zero-order chi connectivity index (χ0) is 15.9. The fraction of sp³-hybridized carbons (Fsp3) is 0.588. The van der Waals surface area contributed by atoms with E-state index in [0.717, 1.165) is 36.9 Å². The summed E-state index contributed by atoms with van der Waals surface area (Å²) >= 11 is 0. The zero-order valence-corrected chi connectivity index (χ0v) is 13.3. The van der Waals surface area contributed by atoms with E-state index in [1.54, 1.807) is 0 Å². The molecule has 1 aliphatic carbocycles. The summed E-state index contributed by atoms with van der Waals surface area (Å²) in [6, 6.07) is 7.18. The first-order chi connectivity index (χ1) is 10.5. The molecule has 2 atom stereocenters. The number of hydrogen-bond donors (Lipinski definition) is 3. The van der Waals surface area contributed by atoms with Crippen LogP contribution in [0.15, 0.2) is 24.3 Å². The second-order valence-corrected chi connectivity index (χ2v) is 6.12. The summed E-state index contributed by atoms with van der Waals surface area (Å²) in [4.78, 5) is 12.0. The highest BCUT2D eigenvalue weighted by atomic mass is 16.5. The molecular weight excluding hydrogens is 280 g/mol. The van der Waals surface area contributed by atoms with Crippen LogP contribution in [0.2, 0.25) is 0 Å². The number of ether oxygens (including phenoxy) is 1. The van der Waals surface area contributed by atoms with Crippen LogP contribution in [0, 0.1) is 0 Å². The number of carbonyl (C=O) groups is 1. The molecule has 0 heterocycles. The fourth-order valence-electron chi connectivity index (χ4n) is 2.62. The van der Waals surface area contributed by atoms with Crippen molar-refractivity contribution in [2.24, 2.45) is 0 Å². The van der Waals surface area contributed by atoms with Crippen LogP contribution in [0.25, 0.3) is 0 Å². The van der Waals surface area contributed by atoms with Gasteiger partial charge in [-0.05, 0) is 44.4 Å². The quantitative estimate of drug-likeness (QED) is 0.783.